The molecule has 132 valence electrons. The lowest BCUT2D eigenvalue weighted by Crippen LogP contribution is -2.28. The number of benzene rings is 2. The SMILES string of the molecule is COC(=O)c1cccc(N/C=C(/C#N)C(=O)NC(C)c2ccccc2)c1. The van der Waals surface area contributed by atoms with Gasteiger partial charge >= 0.3 is 5.97 Å². The predicted octanol–water partition coefficient (Wildman–Crippen LogP) is 3.17. The second kappa shape index (κ2) is 9.04. The third kappa shape index (κ3) is 4.95. The van der Waals surface area contributed by atoms with E-state index in [-0.39, 0.29) is 11.6 Å². The number of hydrogen-bond acceptors (Lipinski definition) is 5. The quantitative estimate of drug-likeness (QED) is 0.475. The Bertz CT molecular complexity index is 854. The molecule has 0 aromatic heterocycles. The maximum Gasteiger partial charge on any atom is 0.337 e. The molecule has 0 bridgehead atoms. The third-order valence-electron chi connectivity index (χ3n) is 3.68. The molecule has 1 unspecified atom stereocenters. The van der Waals surface area contributed by atoms with E-state index in [0.717, 1.165) is 5.56 Å². The van der Waals surface area contributed by atoms with Crippen molar-refractivity contribution in [3.05, 3.63) is 77.5 Å². The highest BCUT2D eigenvalue weighted by molar-refractivity contribution is 5.97. The number of esters is 1. The number of nitrogens with zero attached hydrogens (tertiary/aromatic N) is 1. The van der Waals surface area contributed by atoms with Crippen LogP contribution in [-0.4, -0.2) is 19.0 Å². The van der Waals surface area contributed by atoms with E-state index >= 15 is 0 Å². The predicted molar refractivity (Wildman–Crippen MR) is 98.1 cm³/mol. The van der Waals surface area contributed by atoms with Gasteiger partial charge in [0.2, 0.25) is 0 Å². The van der Waals surface area contributed by atoms with E-state index in [9.17, 15) is 14.9 Å². The van der Waals surface area contributed by atoms with Gasteiger partial charge < -0.3 is 15.4 Å². The second-order valence-corrected chi connectivity index (χ2v) is 5.49. The average Bonchev–Trinajstić information content (AvgIpc) is 2.68. The van der Waals surface area contributed by atoms with Crippen molar-refractivity contribution in [1.82, 2.24) is 5.32 Å². The molecule has 0 heterocycles. The van der Waals surface area contributed by atoms with Crippen molar-refractivity contribution in [3.8, 4) is 6.07 Å². The van der Waals surface area contributed by atoms with Gasteiger partial charge in [-0.15, -0.1) is 0 Å². The molecule has 6 nitrogen and oxygen atoms in total. The lowest BCUT2D eigenvalue weighted by Gasteiger charge is -2.13. The van der Waals surface area contributed by atoms with Gasteiger partial charge in [-0.2, -0.15) is 5.26 Å². The minimum absolute atomic E-state index is 0.0729. The van der Waals surface area contributed by atoms with Crippen LogP contribution in [0, 0.1) is 11.3 Å². The summed E-state index contributed by atoms with van der Waals surface area (Å²) in [4.78, 5) is 23.8. The highest BCUT2D eigenvalue weighted by atomic mass is 16.5. The first-order chi connectivity index (χ1) is 12.5. The van der Waals surface area contributed by atoms with Crippen molar-refractivity contribution in [2.75, 3.05) is 12.4 Å². The van der Waals surface area contributed by atoms with Gasteiger partial charge in [0, 0.05) is 11.9 Å². The van der Waals surface area contributed by atoms with Gasteiger partial charge in [-0.05, 0) is 30.7 Å². The van der Waals surface area contributed by atoms with Gasteiger partial charge in [0.1, 0.15) is 11.6 Å². The summed E-state index contributed by atoms with van der Waals surface area (Å²) in [6.07, 6.45) is 1.31. The Hall–Kier alpha value is -3.59. The number of hydrogen-bond donors (Lipinski definition) is 2. The van der Waals surface area contributed by atoms with E-state index in [4.69, 9.17) is 0 Å². The van der Waals surface area contributed by atoms with Crippen LogP contribution in [-0.2, 0) is 9.53 Å². The molecule has 0 aliphatic heterocycles. The Balaban J connectivity index is 2.07. The molecule has 1 atom stereocenters. The lowest BCUT2D eigenvalue weighted by molar-refractivity contribution is -0.117. The van der Waals surface area contributed by atoms with Crippen molar-refractivity contribution >= 4 is 17.6 Å². The van der Waals surface area contributed by atoms with Gasteiger partial charge in [-0.3, -0.25) is 4.79 Å². The Morgan fingerprint density at radius 3 is 2.54 bits per heavy atom. The van der Waals surface area contributed by atoms with Crippen LogP contribution in [0.25, 0.3) is 0 Å². The number of carbonyl (C=O) groups is 2. The Morgan fingerprint density at radius 1 is 1.15 bits per heavy atom. The van der Waals surface area contributed by atoms with Gasteiger partial charge in [0.25, 0.3) is 5.91 Å². The fourth-order valence-corrected chi connectivity index (χ4v) is 2.26. The van der Waals surface area contributed by atoms with Crippen LogP contribution in [0.3, 0.4) is 0 Å². The first-order valence-electron chi connectivity index (χ1n) is 7.96. The minimum Gasteiger partial charge on any atom is -0.465 e. The number of carbonyl (C=O) groups excluding carboxylic acids is 2. The third-order valence-corrected chi connectivity index (χ3v) is 3.68. The molecule has 6 heteroatoms. The number of ether oxygens (including phenoxy) is 1. The first kappa shape index (κ1) is 18.7. The Kier molecular flexibility index (Phi) is 6.52. The van der Waals surface area contributed by atoms with Crippen molar-refractivity contribution in [3.63, 3.8) is 0 Å². The summed E-state index contributed by atoms with van der Waals surface area (Å²) in [5.74, 6) is -0.951. The number of anilines is 1. The Labute approximate surface area is 152 Å². The van der Waals surface area contributed by atoms with Gasteiger partial charge in [0.15, 0.2) is 0 Å². The number of amides is 1. The zero-order valence-electron chi connectivity index (χ0n) is 14.5. The number of nitriles is 1. The van der Waals surface area contributed by atoms with Gasteiger partial charge in [0.05, 0.1) is 18.7 Å². The zero-order chi connectivity index (χ0) is 18.9. The summed E-state index contributed by atoms with van der Waals surface area (Å²) in [6.45, 7) is 1.84. The maximum atomic E-state index is 12.3. The van der Waals surface area contributed by atoms with E-state index in [1.54, 1.807) is 24.3 Å². The minimum atomic E-state index is -0.486. The van der Waals surface area contributed by atoms with E-state index in [1.807, 2.05) is 43.3 Å². The highest BCUT2D eigenvalue weighted by Crippen LogP contribution is 2.14. The van der Waals surface area contributed by atoms with Gasteiger partial charge in [-0.1, -0.05) is 36.4 Å². The average molecular weight is 349 g/mol. The zero-order valence-corrected chi connectivity index (χ0v) is 14.5. The normalized spacial score (nSPS) is 11.8. The summed E-state index contributed by atoms with van der Waals surface area (Å²) in [5.41, 5.74) is 1.80. The fraction of sp³-hybridized carbons (Fsp3) is 0.150. The second-order valence-electron chi connectivity index (χ2n) is 5.49. The smallest absolute Gasteiger partial charge is 0.337 e. The molecule has 0 radical (unpaired) electrons. The molecule has 2 aromatic rings. The number of methoxy groups -OCH3 is 1. The summed E-state index contributed by atoms with van der Waals surface area (Å²) in [7, 11) is 1.30. The van der Waals surface area contributed by atoms with Crippen LogP contribution < -0.4 is 10.6 Å². The molecule has 0 aliphatic carbocycles. The van der Waals surface area contributed by atoms with E-state index in [2.05, 4.69) is 15.4 Å². The lowest BCUT2D eigenvalue weighted by atomic mass is 10.1. The standard InChI is InChI=1S/C20H19N3O3/c1-14(15-7-4-3-5-8-15)23-19(24)17(12-21)13-22-18-10-6-9-16(11-18)20(25)26-2/h3-11,13-14,22H,1-2H3,(H,23,24)/b17-13-. The summed E-state index contributed by atoms with van der Waals surface area (Å²) in [6, 6.07) is 17.7. The number of nitrogens with one attached hydrogen (secondary N) is 2. The topological polar surface area (TPSA) is 91.2 Å². The van der Waals surface area contributed by atoms with Crippen molar-refractivity contribution in [1.29, 1.82) is 5.26 Å². The fourth-order valence-electron chi connectivity index (χ4n) is 2.26. The van der Waals surface area contributed by atoms with E-state index < -0.39 is 11.9 Å². The highest BCUT2D eigenvalue weighted by Gasteiger charge is 2.13. The molecule has 1 amide bonds. The maximum absolute atomic E-state index is 12.3. The van der Waals surface area contributed by atoms with Crippen LogP contribution in [0.15, 0.2) is 66.4 Å². The molecular weight excluding hydrogens is 330 g/mol. The van der Waals surface area contributed by atoms with Crippen LogP contribution in [0.2, 0.25) is 0 Å². The molecule has 26 heavy (non-hydrogen) atoms. The molecule has 0 saturated heterocycles. The van der Waals surface area contributed by atoms with E-state index in [1.165, 1.54) is 13.3 Å². The van der Waals surface area contributed by atoms with Crippen LogP contribution >= 0.6 is 0 Å². The molecule has 2 N–H and O–H groups in total. The van der Waals surface area contributed by atoms with Crippen molar-refractivity contribution < 1.29 is 14.3 Å². The largest absolute Gasteiger partial charge is 0.465 e. The van der Waals surface area contributed by atoms with Crippen LogP contribution in [0.5, 0.6) is 0 Å². The first-order valence-corrected chi connectivity index (χ1v) is 7.96. The monoisotopic (exact) mass is 349 g/mol. The number of rotatable bonds is 6. The molecule has 0 aliphatic rings. The molecule has 2 aromatic carbocycles. The molecule has 0 saturated carbocycles. The molecule has 0 fully saturated rings. The summed E-state index contributed by atoms with van der Waals surface area (Å²) < 4.78 is 4.66. The van der Waals surface area contributed by atoms with Crippen molar-refractivity contribution in [2.45, 2.75) is 13.0 Å². The van der Waals surface area contributed by atoms with Gasteiger partial charge in [-0.25, -0.2) is 4.79 Å². The van der Waals surface area contributed by atoms with E-state index in [0.29, 0.717) is 11.3 Å². The molecule has 2 rings (SSSR count). The van der Waals surface area contributed by atoms with Crippen LogP contribution in [0.1, 0.15) is 28.9 Å². The molecule has 0 spiro atoms. The Morgan fingerprint density at radius 2 is 1.88 bits per heavy atom. The summed E-state index contributed by atoms with van der Waals surface area (Å²) in [5, 5.41) is 14.9. The molecular formula is C20H19N3O3. The van der Waals surface area contributed by atoms with Crippen LogP contribution in [0.4, 0.5) is 5.69 Å². The summed E-state index contributed by atoms with van der Waals surface area (Å²) >= 11 is 0. The van der Waals surface area contributed by atoms with Crippen molar-refractivity contribution in [2.24, 2.45) is 0 Å².